The molecule has 0 fully saturated rings. The van der Waals surface area contributed by atoms with Crippen LogP contribution < -0.4 is 9.47 Å². The lowest BCUT2D eigenvalue weighted by molar-refractivity contribution is 0.267. The van der Waals surface area contributed by atoms with E-state index in [1.165, 1.54) is 12.1 Å². The predicted octanol–water partition coefficient (Wildman–Crippen LogP) is 6.74. The number of oxazole rings is 1. The molecule has 6 heteroatoms. The van der Waals surface area contributed by atoms with Crippen molar-refractivity contribution in [1.29, 1.82) is 5.26 Å². The number of ether oxygens (including phenoxy) is 2. The van der Waals surface area contributed by atoms with Gasteiger partial charge in [0, 0.05) is 5.56 Å². The zero-order chi connectivity index (χ0) is 23.9. The first kappa shape index (κ1) is 22.8. The van der Waals surface area contributed by atoms with E-state index in [4.69, 9.17) is 13.9 Å². The van der Waals surface area contributed by atoms with Crippen LogP contribution in [0.4, 0.5) is 4.39 Å². The van der Waals surface area contributed by atoms with Crippen LogP contribution in [0.2, 0.25) is 0 Å². The molecule has 0 aliphatic rings. The van der Waals surface area contributed by atoms with Crippen LogP contribution in [-0.2, 0) is 13.0 Å². The Bertz CT molecular complexity index is 1350. The van der Waals surface area contributed by atoms with Crippen LogP contribution in [0, 0.1) is 17.1 Å². The second kappa shape index (κ2) is 10.5. The smallest absolute Gasteiger partial charge is 0.238 e. The summed E-state index contributed by atoms with van der Waals surface area (Å²) in [5.74, 6) is 1.09. The largest absolute Gasteiger partial charge is 0.490 e. The fourth-order valence-electron chi connectivity index (χ4n) is 3.53. The molecule has 0 N–H and O–H groups in total. The van der Waals surface area contributed by atoms with E-state index in [9.17, 15) is 9.65 Å². The fourth-order valence-corrected chi connectivity index (χ4v) is 3.53. The highest BCUT2D eigenvalue weighted by atomic mass is 19.1. The number of fused-ring (bicyclic) bond motifs is 1. The number of rotatable bonds is 9. The summed E-state index contributed by atoms with van der Waals surface area (Å²) in [6, 6.07) is 19.4. The highest BCUT2D eigenvalue weighted by Gasteiger charge is 2.16. The van der Waals surface area contributed by atoms with E-state index in [1.54, 1.807) is 24.3 Å². The van der Waals surface area contributed by atoms with Crippen LogP contribution in [0.25, 0.3) is 22.7 Å². The number of aromatic nitrogens is 1. The van der Waals surface area contributed by atoms with E-state index in [0.717, 1.165) is 16.7 Å². The average Bonchev–Trinajstić information content (AvgIpc) is 3.27. The molecule has 0 spiro atoms. The van der Waals surface area contributed by atoms with Gasteiger partial charge in [0.05, 0.1) is 6.61 Å². The van der Waals surface area contributed by atoms with Crippen molar-refractivity contribution in [3.63, 3.8) is 0 Å². The zero-order valence-electron chi connectivity index (χ0n) is 18.8. The Morgan fingerprint density at radius 1 is 1.15 bits per heavy atom. The highest BCUT2D eigenvalue weighted by molar-refractivity contribution is 5.89. The van der Waals surface area contributed by atoms with Crippen LogP contribution in [0.5, 0.6) is 11.5 Å². The molecule has 0 unspecified atom stereocenters. The molecule has 1 heterocycles. The Kier molecular flexibility index (Phi) is 7.04. The number of halogens is 1. The van der Waals surface area contributed by atoms with Crippen molar-refractivity contribution in [2.45, 2.75) is 20.0 Å². The van der Waals surface area contributed by atoms with Crippen LogP contribution in [-0.4, -0.2) is 11.6 Å². The molecule has 0 atom stereocenters. The topological polar surface area (TPSA) is 68.3 Å². The lowest BCUT2D eigenvalue weighted by Gasteiger charge is -2.17. The monoisotopic (exact) mass is 454 g/mol. The summed E-state index contributed by atoms with van der Waals surface area (Å²) in [4.78, 5) is 4.43. The number of nitriles is 1. The molecule has 0 amide bonds. The van der Waals surface area contributed by atoms with Gasteiger partial charge in [-0.25, -0.2) is 9.37 Å². The fraction of sp³-hybridized carbons (Fsp3) is 0.143. The summed E-state index contributed by atoms with van der Waals surface area (Å²) < 4.78 is 31.0. The van der Waals surface area contributed by atoms with Crippen LogP contribution >= 0.6 is 0 Å². The summed E-state index contributed by atoms with van der Waals surface area (Å²) >= 11 is 0. The van der Waals surface area contributed by atoms with Crippen molar-refractivity contribution in [3.8, 4) is 17.6 Å². The van der Waals surface area contributed by atoms with Gasteiger partial charge in [-0.15, -0.1) is 6.58 Å². The normalized spacial score (nSPS) is 11.3. The van der Waals surface area contributed by atoms with Crippen molar-refractivity contribution >= 4 is 22.7 Å². The van der Waals surface area contributed by atoms with Crippen LogP contribution in [0.15, 0.2) is 77.7 Å². The Morgan fingerprint density at radius 3 is 2.65 bits per heavy atom. The number of hydrogen-bond donors (Lipinski definition) is 0. The number of nitrogens with zero attached hydrogens (tertiary/aromatic N) is 2. The summed E-state index contributed by atoms with van der Waals surface area (Å²) in [7, 11) is 0. The predicted molar refractivity (Wildman–Crippen MR) is 130 cm³/mol. The van der Waals surface area contributed by atoms with Crippen LogP contribution in [0.3, 0.4) is 0 Å². The Balaban J connectivity index is 1.71. The molecule has 3 aromatic carbocycles. The minimum Gasteiger partial charge on any atom is -0.490 e. The summed E-state index contributed by atoms with van der Waals surface area (Å²) in [5.41, 5.74) is 4.02. The van der Waals surface area contributed by atoms with E-state index in [2.05, 4.69) is 17.6 Å². The molecule has 0 saturated heterocycles. The van der Waals surface area contributed by atoms with Gasteiger partial charge in [-0.2, -0.15) is 5.26 Å². The summed E-state index contributed by atoms with van der Waals surface area (Å²) in [5, 5.41) is 9.78. The first-order valence-corrected chi connectivity index (χ1v) is 10.9. The SMILES string of the molecule is C=CCc1cc(/C=C(\C#N)c2nc3ccccc3o2)cc(OCC)c1OCc1ccc(F)cc1. The van der Waals surface area contributed by atoms with Crippen molar-refractivity contribution < 1.29 is 18.3 Å². The lowest BCUT2D eigenvalue weighted by Crippen LogP contribution is -2.03. The molecule has 0 bridgehead atoms. The lowest BCUT2D eigenvalue weighted by atomic mass is 10.0. The number of benzene rings is 3. The molecule has 1 aromatic heterocycles. The van der Waals surface area contributed by atoms with Gasteiger partial charge >= 0.3 is 0 Å². The van der Waals surface area contributed by atoms with Gasteiger partial charge in [-0.05, 0) is 66.9 Å². The first-order valence-electron chi connectivity index (χ1n) is 10.9. The molecule has 4 rings (SSSR count). The van der Waals surface area contributed by atoms with Gasteiger partial charge in [0.1, 0.15) is 29.6 Å². The third-order valence-electron chi connectivity index (χ3n) is 5.07. The third kappa shape index (κ3) is 5.16. The Hall–Kier alpha value is -4.37. The maximum Gasteiger partial charge on any atom is 0.238 e. The van der Waals surface area contributed by atoms with Crippen molar-refractivity contribution in [1.82, 2.24) is 4.98 Å². The number of allylic oxidation sites excluding steroid dienone is 2. The zero-order valence-corrected chi connectivity index (χ0v) is 18.8. The van der Waals surface area contributed by atoms with Crippen molar-refractivity contribution in [3.05, 3.63) is 102 Å². The van der Waals surface area contributed by atoms with E-state index in [-0.39, 0.29) is 18.3 Å². The van der Waals surface area contributed by atoms with Gasteiger partial charge in [0.15, 0.2) is 17.1 Å². The second-order valence-electron chi connectivity index (χ2n) is 7.50. The second-order valence-corrected chi connectivity index (χ2v) is 7.50. The molecule has 0 radical (unpaired) electrons. The van der Waals surface area contributed by atoms with Gasteiger partial charge in [-0.1, -0.05) is 30.3 Å². The quantitative estimate of drug-likeness (QED) is 0.207. The van der Waals surface area contributed by atoms with Gasteiger partial charge < -0.3 is 13.9 Å². The summed E-state index contributed by atoms with van der Waals surface area (Å²) in [6.07, 6.45) is 4.02. The maximum absolute atomic E-state index is 13.2. The minimum absolute atomic E-state index is 0.253. The Labute approximate surface area is 197 Å². The molecule has 34 heavy (non-hydrogen) atoms. The van der Waals surface area contributed by atoms with Gasteiger partial charge in [0.2, 0.25) is 5.89 Å². The summed E-state index contributed by atoms with van der Waals surface area (Å²) in [6.45, 7) is 6.43. The first-order chi connectivity index (χ1) is 16.6. The van der Waals surface area contributed by atoms with Gasteiger partial charge in [0.25, 0.3) is 0 Å². The van der Waals surface area contributed by atoms with E-state index in [1.807, 2.05) is 43.3 Å². The number of para-hydroxylation sites is 2. The molecular formula is C28H23FN2O3. The standard InChI is InChI=1S/C28H23FN2O3/c1-3-7-21-14-20(15-22(17-30)28-31-24-8-5-6-9-25(24)34-28)16-26(32-4-2)27(21)33-18-19-10-12-23(29)13-11-19/h3,5-6,8-16H,1,4,7,18H2,2H3/b22-15+. The number of hydrogen-bond acceptors (Lipinski definition) is 5. The van der Waals surface area contributed by atoms with Crippen LogP contribution in [0.1, 0.15) is 29.5 Å². The average molecular weight is 455 g/mol. The maximum atomic E-state index is 13.2. The molecule has 0 saturated carbocycles. The van der Waals surface area contributed by atoms with Crippen molar-refractivity contribution in [2.75, 3.05) is 6.61 Å². The Morgan fingerprint density at radius 2 is 1.94 bits per heavy atom. The molecule has 4 aromatic rings. The molecule has 170 valence electrons. The third-order valence-corrected chi connectivity index (χ3v) is 5.07. The van der Waals surface area contributed by atoms with E-state index < -0.39 is 0 Å². The molecule has 5 nitrogen and oxygen atoms in total. The highest BCUT2D eigenvalue weighted by Crippen LogP contribution is 2.36. The van der Waals surface area contributed by atoms with Crippen molar-refractivity contribution in [2.24, 2.45) is 0 Å². The molecular weight excluding hydrogens is 431 g/mol. The van der Waals surface area contributed by atoms with Gasteiger partial charge in [-0.3, -0.25) is 0 Å². The minimum atomic E-state index is -0.297. The molecule has 0 aliphatic heterocycles. The van der Waals surface area contributed by atoms with E-state index in [0.29, 0.717) is 41.2 Å². The molecule has 0 aliphatic carbocycles. The van der Waals surface area contributed by atoms with E-state index >= 15 is 0 Å².